The average molecular weight is 449 g/mol. The minimum atomic E-state index is -3.49. The maximum absolute atomic E-state index is 12.8. The summed E-state index contributed by atoms with van der Waals surface area (Å²) in [6.07, 6.45) is 3.87. The third kappa shape index (κ3) is 5.14. The Labute approximate surface area is 177 Å². The molecule has 7 nitrogen and oxygen atoms in total. The zero-order valence-corrected chi connectivity index (χ0v) is 18.0. The molecular formula is C19H20N4O3S3. The second-order valence-corrected chi connectivity index (χ2v) is 10.2. The topological polar surface area (TPSA) is 88.2 Å². The van der Waals surface area contributed by atoms with Crippen molar-refractivity contribution in [2.45, 2.75) is 15.8 Å². The second-order valence-electron chi connectivity index (χ2n) is 6.30. The van der Waals surface area contributed by atoms with Gasteiger partial charge in [-0.2, -0.15) is 4.31 Å². The summed E-state index contributed by atoms with van der Waals surface area (Å²) < 4.78 is 32.4. The summed E-state index contributed by atoms with van der Waals surface area (Å²) in [5.41, 5.74) is 0.907. The van der Waals surface area contributed by atoms with E-state index >= 15 is 0 Å². The number of ether oxygens (including phenoxy) is 1. The molecule has 3 aromatic rings. The van der Waals surface area contributed by atoms with Gasteiger partial charge in [-0.25, -0.2) is 13.4 Å². The summed E-state index contributed by atoms with van der Waals surface area (Å²) in [5.74, 6) is 1.27. The quantitative estimate of drug-likeness (QED) is 0.558. The zero-order chi connectivity index (χ0) is 20.1. The van der Waals surface area contributed by atoms with Gasteiger partial charge in [-0.05, 0) is 41.3 Å². The molecule has 1 aliphatic rings. The molecule has 0 radical (unpaired) electrons. The lowest BCUT2D eigenvalue weighted by Crippen LogP contribution is -2.40. The number of aromatic nitrogens is 3. The third-order valence-electron chi connectivity index (χ3n) is 4.31. The summed E-state index contributed by atoms with van der Waals surface area (Å²) in [5, 5.41) is 9.76. The molecule has 2 aromatic heterocycles. The van der Waals surface area contributed by atoms with E-state index in [1.165, 1.54) is 16.1 Å². The number of thiophene rings is 1. The van der Waals surface area contributed by atoms with Crippen molar-refractivity contribution in [2.75, 3.05) is 26.3 Å². The van der Waals surface area contributed by atoms with Crippen LogP contribution in [0, 0.1) is 0 Å². The van der Waals surface area contributed by atoms with Gasteiger partial charge in [0.2, 0.25) is 15.2 Å². The zero-order valence-electron chi connectivity index (χ0n) is 15.5. The highest BCUT2D eigenvalue weighted by atomic mass is 32.2. The largest absolute Gasteiger partial charge is 0.379 e. The van der Waals surface area contributed by atoms with Gasteiger partial charge >= 0.3 is 0 Å². The van der Waals surface area contributed by atoms with Crippen LogP contribution in [0.4, 0.5) is 0 Å². The number of sulfonamides is 1. The van der Waals surface area contributed by atoms with Gasteiger partial charge in [0, 0.05) is 23.7 Å². The van der Waals surface area contributed by atoms with Crippen LogP contribution in [0.3, 0.4) is 0 Å². The highest BCUT2D eigenvalue weighted by Gasteiger charge is 2.26. The van der Waals surface area contributed by atoms with E-state index in [4.69, 9.17) is 4.74 Å². The lowest BCUT2D eigenvalue weighted by molar-refractivity contribution is 0.0730. The maximum Gasteiger partial charge on any atom is 0.243 e. The van der Waals surface area contributed by atoms with E-state index in [0.29, 0.717) is 47.9 Å². The van der Waals surface area contributed by atoms with Crippen LogP contribution in [0.5, 0.6) is 0 Å². The molecule has 4 rings (SSSR count). The van der Waals surface area contributed by atoms with E-state index in [0.717, 1.165) is 10.4 Å². The molecule has 1 N–H and O–H groups in total. The lowest BCUT2D eigenvalue weighted by atomic mass is 10.2. The summed E-state index contributed by atoms with van der Waals surface area (Å²) in [4.78, 5) is 5.90. The van der Waals surface area contributed by atoms with Crippen molar-refractivity contribution in [1.29, 1.82) is 0 Å². The van der Waals surface area contributed by atoms with Crippen molar-refractivity contribution in [3.63, 3.8) is 0 Å². The Morgan fingerprint density at radius 2 is 2.07 bits per heavy atom. The first-order valence-corrected chi connectivity index (χ1v) is 12.4. The molecule has 0 saturated carbocycles. The van der Waals surface area contributed by atoms with Gasteiger partial charge in [0.25, 0.3) is 0 Å². The average Bonchev–Trinajstić information content (AvgIpc) is 3.43. The lowest BCUT2D eigenvalue weighted by Gasteiger charge is -2.26. The van der Waals surface area contributed by atoms with Crippen molar-refractivity contribution < 1.29 is 13.2 Å². The maximum atomic E-state index is 12.8. The minimum absolute atomic E-state index is 0.312. The Kier molecular flexibility index (Phi) is 6.46. The van der Waals surface area contributed by atoms with Crippen LogP contribution in [-0.2, 0) is 20.5 Å². The van der Waals surface area contributed by atoms with Crippen LogP contribution in [-0.4, -0.2) is 54.2 Å². The number of H-pyrrole nitrogens is 1. The van der Waals surface area contributed by atoms with Crippen LogP contribution < -0.4 is 0 Å². The molecule has 152 valence electrons. The number of aromatic amines is 1. The highest BCUT2D eigenvalue weighted by molar-refractivity contribution is 7.98. The molecule has 3 heterocycles. The minimum Gasteiger partial charge on any atom is -0.379 e. The predicted molar refractivity (Wildman–Crippen MR) is 115 cm³/mol. The standard InChI is InChI=1S/C19H20N4O3S3/c24-29(25,23-8-10-26-11-9-23)17-5-1-3-15(13-17)14-28-19-20-18(21-22-19)7-6-16-4-2-12-27-16/h1-7,12-13H,8-11,14H2,(H,20,21,22)/b7-6+. The van der Waals surface area contributed by atoms with Gasteiger partial charge in [-0.1, -0.05) is 30.0 Å². The Morgan fingerprint density at radius 3 is 2.86 bits per heavy atom. The van der Waals surface area contributed by atoms with Crippen LogP contribution in [0.25, 0.3) is 12.2 Å². The van der Waals surface area contributed by atoms with E-state index in [-0.39, 0.29) is 0 Å². The molecule has 10 heteroatoms. The fourth-order valence-electron chi connectivity index (χ4n) is 2.82. The molecule has 1 aromatic carbocycles. The smallest absolute Gasteiger partial charge is 0.243 e. The predicted octanol–water partition coefficient (Wildman–Crippen LogP) is 3.35. The van der Waals surface area contributed by atoms with Gasteiger partial charge < -0.3 is 4.74 Å². The summed E-state index contributed by atoms with van der Waals surface area (Å²) in [6.45, 7) is 1.65. The highest BCUT2D eigenvalue weighted by Crippen LogP contribution is 2.23. The Balaban J connectivity index is 1.40. The summed E-state index contributed by atoms with van der Waals surface area (Å²) >= 11 is 3.12. The van der Waals surface area contributed by atoms with E-state index < -0.39 is 10.0 Å². The van der Waals surface area contributed by atoms with Crippen molar-refractivity contribution in [3.05, 3.63) is 58.0 Å². The van der Waals surface area contributed by atoms with Gasteiger partial charge in [0.1, 0.15) is 5.82 Å². The Hall–Kier alpha value is -1.98. The van der Waals surface area contributed by atoms with Crippen molar-refractivity contribution >= 4 is 45.3 Å². The Morgan fingerprint density at radius 1 is 1.21 bits per heavy atom. The monoisotopic (exact) mass is 448 g/mol. The first-order valence-electron chi connectivity index (χ1n) is 9.05. The fraction of sp³-hybridized carbons (Fsp3) is 0.263. The van der Waals surface area contributed by atoms with Gasteiger partial charge in [0.15, 0.2) is 0 Å². The molecule has 0 spiro atoms. The first-order chi connectivity index (χ1) is 14.1. The van der Waals surface area contributed by atoms with Crippen molar-refractivity contribution in [3.8, 4) is 0 Å². The number of benzene rings is 1. The SMILES string of the molecule is O=S(=O)(c1cccc(CSc2n[nH]c(/C=C/c3cccs3)n2)c1)N1CCOCC1. The second kappa shape index (κ2) is 9.23. The number of thioether (sulfide) groups is 1. The molecule has 0 amide bonds. The number of rotatable bonds is 7. The number of nitrogens with zero attached hydrogens (tertiary/aromatic N) is 3. The van der Waals surface area contributed by atoms with E-state index in [2.05, 4.69) is 15.2 Å². The third-order valence-corrected chi connectivity index (χ3v) is 7.96. The molecule has 29 heavy (non-hydrogen) atoms. The number of hydrogen-bond donors (Lipinski definition) is 1. The van der Waals surface area contributed by atoms with Crippen LogP contribution in [0.2, 0.25) is 0 Å². The van der Waals surface area contributed by atoms with E-state index in [9.17, 15) is 8.42 Å². The fourth-order valence-corrected chi connectivity index (χ4v) is 5.67. The van der Waals surface area contributed by atoms with Gasteiger partial charge in [0.05, 0.1) is 18.1 Å². The summed E-state index contributed by atoms with van der Waals surface area (Å²) in [6, 6.07) is 11.1. The molecule has 0 bridgehead atoms. The van der Waals surface area contributed by atoms with Gasteiger partial charge in [-0.15, -0.1) is 16.4 Å². The normalized spacial score (nSPS) is 15.9. The van der Waals surface area contributed by atoms with Crippen LogP contribution in [0.15, 0.2) is 51.8 Å². The van der Waals surface area contributed by atoms with Crippen LogP contribution >= 0.6 is 23.1 Å². The number of hydrogen-bond acceptors (Lipinski definition) is 7. The van der Waals surface area contributed by atoms with E-state index in [1.54, 1.807) is 29.5 Å². The summed E-state index contributed by atoms with van der Waals surface area (Å²) in [7, 11) is -3.49. The molecule has 1 saturated heterocycles. The van der Waals surface area contributed by atoms with Crippen molar-refractivity contribution in [2.24, 2.45) is 0 Å². The van der Waals surface area contributed by atoms with Crippen LogP contribution in [0.1, 0.15) is 16.3 Å². The van der Waals surface area contributed by atoms with Gasteiger partial charge in [-0.3, -0.25) is 5.10 Å². The Bertz CT molecular complexity index is 1070. The number of nitrogens with one attached hydrogen (secondary N) is 1. The first kappa shape index (κ1) is 20.3. The molecule has 0 aliphatic carbocycles. The number of morpholine rings is 1. The molecule has 0 atom stereocenters. The van der Waals surface area contributed by atoms with Crippen molar-refractivity contribution in [1.82, 2.24) is 19.5 Å². The molecular weight excluding hydrogens is 428 g/mol. The molecule has 1 aliphatic heterocycles. The molecule has 0 unspecified atom stereocenters. The van der Waals surface area contributed by atoms with E-state index in [1.807, 2.05) is 35.7 Å². The molecule has 1 fully saturated rings.